The maximum Gasteiger partial charge on any atom is 0.184 e. The Morgan fingerprint density at radius 3 is 1.76 bits per heavy atom. The fourth-order valence-corrected chi connectivity index (χ4v) is 15.1. The lowest BCUT2D eigenvalue weighted by molar-refractivity contribution is 0.669. The van der Waals surface area contributed by atoms with Gasteiger partial charge in [-0.2, -0.15) is 0 Å². The average Bonchev–Trinajstić information content (AvgIpc) is 3.74. The van der Waals surface area contributed by atoms with Crippen LogP contribution >= 0.6 is 0 Å². The van der Waals surface area contributed by atoms with Crippen molar-refractivity contribution in [2.24, 2.45) is 0 Å². The van der Waals surface area contributed by atoms with Gasteiger partial charge in [-0.05, 0) is 97.2 Å². The van der Waals surface area contributed by atoms with Gasteiger partial charge >= 0.3 is 0 Å². The standard InChI is InChI=1S/C58H40N2OSi/c1-4-20-43(21-5-1)60-52-30-13-15-33-56(52)62(46-22-6-2-7-23-46,47-24-8-3-9-25-47)57-39-38-45(40-54(57)60)59(53-31-17-29-51-50-27-12-14-32-55(50)61-58(51)53)44-36-34-42(35-37-44)49-28-16-19-41-18-10-11-26-48(41)49/h1-40H. The van der Waals surface area contributed by atoms with E-state index in [-0.39, 0.29) is 0 Å². The van der Waals surface area contributed by atoms with E-state index in [0.717, 1.165) is 44.7 Å². The van der Waals surface area contributed by atoms with Gasteiger partial charge in [0.1, 0.15) is 5.58 Å². The second-order valence-corrected chi connectivity index (χ2v) is 19.8. The molecule has 62 heavy (non-hydrogen) atoms. The van der Waals surface area contributed by atoms with Gasteiger partial charge in [0.25, 0.3) is 0 Å². The van der Waals surface area contributed by atoms with Crippen molar-refractivity contribution >= 4 is 95.7 Å². The van der Waals surface area contributed by atoms with Crippen LogP contribution in [0.1, 0.15) is 0 Å². The molecule has 0 amide bonds. The van der Waals surface area contributed by atoms with Gasteiger partial charge in [0.15, 0.2) is 13.7 Å². The number of fused-ring (bicyclic) bond motifs is 6. The molecule has 12 rings (SSSR count). The number of hydrogen-bond donors (Lipinski definition) is 0. The lowest BCUT2D eigenvalue weighted by Gasteiger charge is -2.45. The topological polar surface area (TPSA) is 19.6 Å². The molecule has 0 fully saturated rings. The Balaban J connectivity index is 1.14. The predicted octanol–water partition coefficient (Wildman–Crippen LogP) is 13.0. The van der Waals surface area contributed by atoms with Crippen molar-refractivity contribution in [2.45, 2.75) is 0 Å². The van der Waals surface area contributed by atoms with E-state index in [9.17, 15) is 0 Å². The Kier molecular flexibility index (Phi) is 8.51. The Bertz CT molecular complexity index is 3370. The first-order chi connectivity index (χ1) is 30.8. The molecule has 3 nitrogen and oxygen atoms in total. The summed E-state index contributed by atoms with van der Waals surface area (Å²) in [5.74, 6) is 0. The summed E-state index contributed by atoms with van der Waals surface area (Å²) < 4.78 is 6.80. The highest BCUT2D eigenvalue weighted by Crippen LogP contribution is 2.46. The van der Waals surface area contributed by atoms with Crippen molar-refractivity contribution < 1.29 is 4.42 Å². The van der Waals surface area contributed by atoms with Gasteiger partial charge in [-0.25, -0.2) is 0 Å². The van der Waals surface area contributed by atoms with Crippen LogP contribution in [0, 0.1) is 0 Å². The van der Waals surface area contributed by atoms with Crippen LogP contribution in [0.15, 0.2) is 247 Å². The van der Waals surface area contributed by atoms with Gasteiger partial charge in [-0.15, -0.1) is 0 Å². The van der Waals surface area contributed by atoms with Gasteiger partial charge in [0.2, 0.25) is 0 Å². The number of anilines is 6. The molecule has 4 heteroatoms. The maximum atomic E-state index is 6.80. The zero-order valence-electron chi connectivity index (χ0n) is 33.9. The second-order valence-electron chi connectivity index (χ2n) is 16.0. The lowest BCUT2D eigenvalue weighted by atomic mass is 9.98. The number of furan rings is 1. The first kappa shape index (κ1) is 36.0. The highest BCUT2D eigenvalue weighted by atomic mass is 28.3. The highest BCUT2D eigenvalue weighted by molar-refractivity contribution is 7.21. The molecule has 0 atom stereocenters. The summed E-state index contributed by atoms with van der Waals surface area (Å²) in [6.07, 6.45) is 0. The minimum atomic E-state index is -2.88. The minimum absolute atomic E-state index is 0.854. The number of hydrogen-bond acceptors (Lipinski definition) is 3. The molecule has 292 valence electrons. The van der Waals surface area contributed by atoms with Gasteiger partial charge in [-0.1, -0.05) is 188 Å². The van der Waals surface area contributed by atoms with Crippen molar-refractivity contribution in [1.82, 2.24) is 0 Å². The molecule has 1 aliphatic rings. The van der Waals surface area contributed by atoms with Gasteiger partial charge in [0, 0.05) is 39.2 Å². The van der Waals surface area contributed by atoms with Crippen LogP contribution in [0.4, 0.5) is 34.1 Å². The third kappa shape index (κ3) is 5.58. The normalized spacial score (nSPS) is 12.9. The third-order valence-corrected chi connectivity index (χ3v) is 17.6. The number of nitrogens with zero attached hydrogens (tertiary/aromatic N) is 2. The quantitative estimate of drug-likeness (QED) is 0.150. The Morgan fingerprint density at radius 2 is 0.984 bits per heavy atom. The molecular weight excluding hydrogens is 769 g/mol. The van der Waals surface area contributed by atoms with Crippen molar-refractivity contribution in [2.75, 3.05) is 9.80 Å². The van der Waals surface area contributed by atoms with Crippen molar-refractivity contribution in [3.8, 4) is 11.1 Å². The number of para-hydroxylation sites is 4. The summed E-state index contributed by atoms with van der Waals surface area (Å²) in [6, 6.07) is 88.6. The molecule has 0 N–H and O–H groups in total. The lowest BCUT2D eigenvalue weighted by Crippen LogP contribution is -2.77. The fourth-order valence-electron chi connectivity index (χ4n) is 10.0. The Hall–Kier alpha value is -7.92. The van der Waals surface area contributed by atoms with Crippen LogP contribution < -0.4 is 30.5 Å². The molecular formula is C58H40N2OSi. The molecule has 11 aromatic rings. The van der Waals surface area contributed by atoms with E-state index in [0.29, 0.717) is 0 Å². The van der Waals surface area contributed by atoms with Crippen LogP contribution in [0.3, 0.4) is 0 Å². The fraction of sp³-hybridized carbons (Fsp3) is 0. The zero-order chi connectivity index (χ0) is 41.0. The molecule has 0 saturated heterocycles. The highest BCUT2D eigenvalue weighted by Gasteiger charge is 2.49. The van der Waals surface area contributed by atoms with Gasteiger partial charge < -0.3 is 14.2 Å². The van der Waals surface area contributed by atoms with E-state index in [1.54, 1.807) is 0 Å². The molecule has 10 aromatic carbocycles. The molecule has 0 aliphatic carbocycles. The molecule has 0 radical (unpaired) electrons. The summed E-state index contributed by atoms with van der Waals surface area (Å²) in [5, 5.41) is 10.1. The van der Waals surface area contributed by atoms with E-state index in [1.807, 2.05) is 6.07 Å². The van der Waals surface area contributed by atoms with E-state index in [2.05, 4.69) is 246 Å². The van der Waals surface area contributed by atoms with Crippen molar-refractivity contribution in [3.05, 3.63) is 243 Å². The Morgan fingerprint density at radius 1 is 0.403 bits per heavy atom. The number of rotatable bonds is 7. The molecule has 0 spiro atoms. The third-order valence-electron chi connectivity index (χ3n) is 12.7. The summed E-state index contributed by atoms with van der Waals surface area (Å²) in [6.45, 7) is 0. The Labute approximate surface area is 362 Å². The molecule has 1 aliphatic heterocycles. The predicted molar refractivity (Wildman–Crippen MR) is 263 cm³/mol. The van der Waals surface area contributed by atoms with E-state index in [4.69, 9.17) is 4.42 Å². The summed E-state index contributed by atoms with van der Waals surface area (Å²) >= 11 is 0. The SMILES string of the molecule is c1ccc(N2c3ccccc3[Si](c3ccccc3)(c3ccccc3)c3ccc(N(c4ccc(-c5cccc6ccccc56)cc4)c4cccc5c4oc4ccccc45)cc32)cc1. The summed E-state index contributed by atoms with van der Waals surface area (Å²) in [7, 11) is -2.88. The summed E-state index contributed by atoms with van der Waals surface area (Å²) in [4.78, 5) is 4.87. The van der Waals surface area contributed by atoms with Crippen LogP contribution in [-0.4, -0.2) is 8.07 Å². The summed E-state index contributed by atoms with van der Waals surface area (Å²) in [5.41, 5.74) is 10.7. The van der Waals surface area contributed by atoms with Crippen LogP contribution in [0.25, 0.3) is 43.8 Å². The molecule has 0 unspecified atom stereocenters. The molecule has 0 bridgehead atoms. The zero-order valence-corrected chi connectivity index (χ0v) is 34.9. The van der Waals surface area contributed by atoms with Crippen LogP contribution in [0.5, 0.6) is 0 Å². The van der Waals surface area contributed by atoms with Gasteiger partial charge in [0.05, 0.1) is 5.69 Å². The largest absolute Gasteiger partial charge is 0.454 e. The molecule has 0 saturated carbocycles. The maximum absolute atomic E-state index is 6.80. The monoisotopic (exact) mass is 808 g/mol. The van der Waals surface area contributed by atoms with Crippen LogP contribution in [0.2, 0.25) is 0 Å². The van der Waals surface area contributed by atoms with Crippen molar-refractivity contribution in [3.63, 3.8) is 0 Å². The number of benzene rings is 10. The van der Waals surface area contributed by atoms with Gasteiger partial charge in [-0.3, -0.25) is 0 Å². The second kappa shape index (κ2) is 14.7. The van der Waals surface area contributed by atoms with E-state index < -0.39 is 8.07 Å². The van der Waals surface area contributed by atoms with Crippen molar-refractivity contribution in [1.29, 1.82) is 0 Å². The first-order valence-electron chi connectivity index (χ1n) is 21.3. The minimum Gasteiger partial charge on any atom is -0.454 e. The van der Waals surface area contributed by atoms with E-state index in [1.165, 1.54) is 54.0 Å². The molecule has 2 heterocycles. The first-order valence-corrected chi connectivity index (χ1v) is 23.3. The van der Waals surface area contributed by atoms with E-state index >= 15 is 0 Å². The smallest absolute Gasteiger partial charge is 0.184 e. The molecule has 1 aromatic heterocycles. The van der Waals surface area contributed by atoms with Crippen LogP contribution in [-0.2, 0) is 0 Å². The average molecular weight is 809 g/mol.